The van der Waals surface area contributed by atoms with Gasteiger partial charge in [0.25, 0.3) is 0 Å². The molecule has 0 aliphatic carbocycles. The Labute approximate surface area is 172 Å². The first-order valence-corrected chi connectivity index (χ1v) is 10.2. The van der Waals surface area contributed by atoms with Crippen LogP contribution in [0.15, 0.2) is 51.5 Å². The summed E-state index contributed by atoms with van der Waals surface area (Å²) in [5.41, 5.74) is 1.32. The molecule has 1 amide bonds. The monoisotopic (exact) mass is 469 g/mol. The summed E-state index contributed by atoms with van der Waals surface area (Å²) in [7, 11) is 0. The minimum absolute atomic E-state index is 0.135. The summed E-state index contributed by atoms with van der Waals surface area (Å²) in [6.45, 7) is 0.135. The number of carbonyl (C=O) groups excluding carboxylic acids is 1. The molecule has 0 spiro atoms. The zero-order chi connectivity index (χ0) is 19.2. The Morgan fingerprint density at radius 3 is 2.93 bits per heavy atom. The van der Waals surface area contributed by atoms with Gasteiger partial charge in [0.1, 0.15) is 5.82 Å². The molecule has 0 fully saturated rings. The first-order valence-electron chi connectivity index (χ1n) is 7.88. The quantitative estimate of drug-likeness (QED) is 0.535. The van der Waals surface area contributed by atoms with Crippen molar-refractivity contribution in [3.05, 3.63) is 69.2 Å². The number of aromatic nitrogens is 2. The number of carbonyl (C=O) groups is 1. The average Bonchev–Trinajstić information content (AvgIpc) is 3.11. The maximum atomic E-state index is 13.7. The molecule has 0 aliphatic rings. The summed E-state index contributed by atoms with van der Waals surface area (Å²) in [5.74, 6) is 0.761. The molecule has 9 heteroatoms. The van der Waals surface area contributed by atoms with E-state index in [0.29, 0.717) is 28.1 Å². The van der Waals surface area contributed by atoms with Gasteiger partial charge in [-0.1, -0.05) is 50.9 Å². The van der Waals surface area contributed by atoms with Crippen LogP contribution in [0.5, 0.6) is 0 Å². The maximum absolute atomic E-state index is 13.7. The summed E-state index contributed by atoms with van der Waals surface area (Å²) < 4.78 is 19.7. The van der Waals surface area contributed by atoms with Crippen LogP contribution in [-0.2, 0) is 17.1 Å². The number of hydrogen-bond donors (Lipinski definition) is 1. The van der Waals surface area contributed by atoms with E-state index >= 15 is 0 Å². The Bertz CT molecular complexity index is 954. The molecule has 0 bridgehead atoms. The van der Waals surface area contributed by atoms with Gasteiger partial charge >= 0.3 is 0 Å². The third-order valence-electron chi connectivity index (χ3n) is 3.49. The van der Waals surface area contributed by atoms with Gasteiger partial charge in [0, 0.05) is 20.8 Å². The number of nitrogens with zero attached hydrogens (tertiary/aromatic N) is 2. The van der Waals surface area contributed by atoms with E-state index in [1.807, 2.05) is 24.3 Å². The Morgan fingerprint density at radius 1 is 1.30 bits per heavy atom. The predicted octanol–water partition coefficient (Wildman–Crippen LogP) is 4.84. The molecule has 0 saturated heterocycles. The van der Waals surface area contributed by atoms with Crippen LogP contribution in [0.2, 0.25) is 5.02 Å². The van der Waals surface area contributed by atoms with Crippen molar-refractivity contribution < 1.29 is 13.7 Å². The highest BCUT2D eigenvalue weighted by molar-refractivity contribution is 9.10. The molecule has 0 atom stereocenters. The SMILES string of the molecule is O=C(CSCc1ccc(Cl)cc1F)NCc1nc(-c2cccc(Br)c2)no1. The summed E-state index contributed by atoms with van der Waals surface area (Å²) >= 11 is 10.4. The van der Waals surface area contributed by atoms with Gasteiger partial charge < -0.3 is 9.84 Å². The van der Waals surface area contributed by atoms with Gasteiger partial charge in [-0.05, 0) is 29.8 Å². The lowest BCUT2D eigenvalue weighted by molar-refractivity contribution is -0.118. The highest BCUT2D eigenvalue weighted by Gasteiger charge is 2.11. The largest absolute Gasteiger partial charge is 0.346 e. The first kappa shape index (κ1) is 19.9. The number of amides is 1. The smallest absolute Gasteiger partial charge is 0.246 e. The summed E-state index contributed by atoms with van der Waals surface area (Å²) in [6, 6.07) is 12.0. The lowest BCUT2D eigenvalue weighted by Crippen LogP contribution is -2.24. The van der Waals surface area contributed by atoms with E-state index in [-0.39, 0.29) is 24.0 Å². The first-order chi connectivity index (χ1) is 13.0. The Kier molecular flexibility index (Phi) is 6.87. The van der Waals surface area contributed by atoms with Crippen molar-refractivity contribution in [2.75, 3.05) is 5.75 Å². The fourth-order valence-corrected chi connectivity index (χ4v) is 3.59. The Morgan fingerprint density at radius 2 is 2.15 bits per heavy atom. The summed E-state index contributed by atoms with van der Waals surface area (Å²) in [6.07, 6.45) is 0. The van der Waals surface area contributed by atoms with Crippen LogP contribution in [0.4, 0.5) is 4.39 Å². The second kappa shape index (κ2) is 9.34. The van der Waals surface area contributed by atoms with Crippen molar-refractivity contribution in [3.8, 4) is 11.4 Å². The molecule has 1 N–H and O–H groups in total. The van der Waals surface area contributed by atoms with Crippen molar-refractivity contribution in [2.45, 2.75) is 12.3 Å². The van der Waals surface area contributed by atoms with Crippen LogP contribution >= 0.6 is 39.3 Å². The van der Waals surface area contributed by atoms with E-state index in [0.717, 1.165) is 10.0 Å². The van der Waals surface area contributed by atoms with Gasteiger partial charge in [0.2, 0.25) is 17.6 Å². The van der Waals surface area contributed by atoms with Crippen molar-refractivity contribution in [1.29, 1.82) is 0 Å². The summed E-state index contributed by atoms with van der Waals surface area (Å²) in [5, 5.41) is 6.96. The molecule has 1 heterocycles. The van der Waals surface area contributed by atoms with Gasteiger partial charge in [-0.3, -0.25) is 4.79 Å². The zero-order valence-corrected chi connectivity index (χ0v) is 17.1. The number of halogens is 3. The fraction of sp³-hybridized carbons (Fsp3) is 0.167. The van der Waals surface area contributed by atoms with Crippen LogP contribution in [-0.4, -0.2) is 21.8 Å². The third-order valence-corrected chi connectivity index (χ3v) is 5.20. The Balaban J connectivity index is 1.45. The standard InChI is InChI=1S/C18H14BrClFN3O2S/c19-13-3-1-2-11(6-13)18-23-17(26-24-18)8-22-16(25)10-27-9-12-4-5-14(20)7-15(12)21/h1-7H,8-10H2,(H,22,25). The number of benzene rings is 2. The van der Waals surface area contributed by atoms with E-state index < -0.39 is 0 Å². The number of rotatable bonds is 7. The molecule has 3 rings (SSSR count). The van der Waals surface area contributed by atoms with E-state index in [2.05, 4.69) is 31.4 Å². The summed E-state index contributed by atoms with van der Waals surface area (Å²) in [4.78, 5) is 16.2. The topological polar surface area (TPSA) is 68.0 Å². The van der Waals surface area contributed by atoms with Gasteiger partial charge in [0.15, 0.2) is 0 Å². The van der Waals surface area contributed by atoms with E-state index in [9.17, 15) is 9.18 Å². The van der Waals surface area contributed by atoms with E-state index in [1.54, 1.807) is 12.1 Å². The van der Waals surface area contributed by atoms with Crippen LogP contribution in [0, 0.1) is 5.82 Å². The van der Waals surface area contributed by atoms with Crippen LogP contribution in [0.3, 0.4) is 0 Å². The van der Waals surface area contributed by atoms with Crippen LogP contribution in [0.1, 0.15) is 11.5 Å². The highest BCUT2D eigenvalue weighted by atomic mass is 79.9. The van der Waals surface area contributed by atoms with Gasteiger partial charge in [-0.25, -0.2) is 4.39 Å². The molecule has 0 radical (unpaired) electrons. The Hall–Kier alpha value is -1.90. The van der Waals surface area contributed by atoms with Crippen molar-refractivity contribution in [1.82, 2.24) is 15.5 Å². The molecule has 5 nitrogen and oxygen atoms in total. The maximum Gasteiger partial charge on any atom is 0.246 e. The number of nitrogens with one attached hydrogen (secondary N) is 1. The molecule has 27 heavy (non-hydrogen) atoms. The lowest BCUT2D eigenvalue weighted by Gasteiger charge is -2.04. The molecule has 0 unspecified atom stereocenters. The van der Waals surface area contributed by atoms with Crippen LogP contribution in [0.25, 0.3) is 11.4 Å². The lowest BCUT2D eigenvalue weighted by atomic mass is 10.2. The zero-order valence-electron chi connectivity index (χ0n) is 13.9. The van der Waals surface area contributed by atoms with Crippen molar-refractivity contribution >= 4 is 45.2 Å². The molecule has 2 aromatic carbocycles. The van der Waals surface area contributed by atoms with Gasteiger partial charge in [0.05, 0.1) is 12.3 Å². The van der Waals surface area contributed by atoms with E-state index in [4.69, 9.17) is 16.1 Å². The third kappa shape index (κ3) is 5.79. The second-order valence-electron chi connectivity index (χ2n) is 5.53. The molecule has 140 valence electrons. The molecular weight excluding hydrogens is 457 g/mol. The van der Waals surface area contributed by atoms with Crippen molar-refractivity contribution in [3.63, 3.8) is 0 Å². The average molecular weight is 471 g/mol. The minimum Gasteiger partial charge on any atom is -0.346 e. The van der Waals surface area contributed by atoms with E-state index in [1.165, 1.54) is 17.8 Å². The predicted molar refractivity (Wildman–Crippen MR) is 107 cm³/mol. The molecule has 3 aromatic rings. The fourth-order valence-electron chi connectivity index (χ4n) is 2.19. The normalized spacial score (nSPS) is 10.8. The van der Waals surface area contributed by atoms with Gasteiger partial charge in [-0.15, -0.1) is 11.8 Å². The second-order valence-corrected chi connectivity index (χ2v) is 7.87. The molecule has 1 aromatic heterocycles. The molecular formula is C18H14BrClFN3O2S. The minimum atomic E-state index is -0.374. The number of hydrogen-bond acceptors (Lipinski definition) is 5. The number of thioether (sulfide) groups is 1. The van der Waals surface area contributed by atoms with Crippen LogP contribution < -0.4 is 5.32 Å². The van der Waals surface area contributed by atoms with Gasteiger partial charge in [-0.2, -0.15) is 4.98 Å². The van der Waals surface area contributed by atoms with Crippen molar-refractivity contribution in [2.24, 2.45) is 0 Å². The highest BCUT2D eigenvalue weighted by Crippen LogP contribution is 2.21. The molecule has 0 aliphatic heterocycles. The molecule has 0 saturated carbocycles.